The molecule has 1 radical (unpaired) electrons. The van der Waals surface area contributed by atoms with Crippen LogP contribution in [0.5, 0.6) is 0 Å². The van der Waals surface area contributed by atoms with Crippen LogP contribution in [-0.2, 0) is 0 Å². The second-order valence-corrected chi connectivity index (χ2v) is 5.62. The fourth-order valence-electron chi connectivity index (χ4n) is 1.03. The zero-order chi connectivity index (χ0) is 5.98. The first-order chi connectivity index (χ1) is 3.79. The molecule has 0 unspecified atom stereocenters. The quantitative estimate of drug-likeness (QED) is 0.344. The first-order valence-electron chi connectivity index (χ1n) is 3.27. The predicted molar refractivity (Wildman–Crippen MR) is 39.6 cm³/mol. The van der Waals surface area contributed by atoms with Gasteiger partial charge in [0.1, 0.15) is 0 Å². The molecule has 0 saturated carbocycles. The third-order valence-corrected chi connectivity index (χ3v) is 4.02. The van der Waals surface area contributed by atoms with E-state index in [0.717, 1.165) is 0 Å². The van der Waals surface area contributed by atoms with Crippen LogP contribution in [0.1, 0.15) is 12.8 Å². The van der Waals surface area contributed by atoms with Gasteiger partial charge < -0.3 is 0 Å². The lowest BCUT2D eigenvalue weighted by molar-refractivity contribution is 0.913. The standard InChI is InChI=1S/C7H13Si/c1-7-3-5-8(2)6-4-7/h1,3-6H2,2H3. The predicted octanol–water partition coefficient (Wildman–Crippen LogP) is 2.46. The summed E-state index contributed by atoms with van der Waals surface area (Å²) in [5.41, 5.74) is 1.49. The highest BCUT2D eigenvalue weighted by molar-refractivity contribution is 6.57. The van der Waals surface area contributed by atoms with Gasteiger partial charge >= 0.3 is 0 Å². The Hall–Kier alpha value is -0.0431. The van der Waals surface area contributed by atoms with Crippen LogP contribution >= 0.6 is 0 Å². The van der Waals surface area contributed by atoms with Crippen molar-refractivity contribution in [2.45, 2.75) is 31.5 Å². The molecule has 1 aliphatic heterocycles. The summed E-state index contributed by atoms with van der Waals surface area (Å²) in [7, 11) is 0.114. The minimum atomic E-state index is 0.114. The topological polar surface area (TPSA) is 0 Å². The first kappa shape index (κ1) is 6.08. The molecule has 1 aliphatic rings. The Bertz CT molecular complexity index is 86.6. The highest BCUT2D eigenvalue weighted by Crippen LogP contribution is 2.21. The molecular weight excluding hydrogens is 112 g/mol. The molecule has 0 bridgehead atoms. The first-order valence-corrected chi connectivity index (χ1v) is 5.68. The zero-order valence-electron chi connectivity index (χ0n) is 5.54. The molecule has 1 rings (SSSR count). The molecule has 1 saturated heterocycles. The lowest BCUT2D eigenvalue weighted by Crippen LogP contribution is -2.11. The lowest BCUT2D eigenvalue weighted by atomic mass is 10.2. The van der Waals surface area contributed by atoms with Crippen molar-refractivity contribution >= 4 is 8.80 Å². The van der Waals surface area contributed by atoms with Gasteiger partial charge in [-0.05, 0) is 12.8 Å². The summed E-state index contributed by atoms with van der Waals surface area (Å²) in [5, 5.41) is 0. The van der Waals surface area contributed by atoms with Crippen molar-refractivity contribution in [2.75, 3.05) is 0 Å². The Balaban J connectivity index is 2.29. The molecule has 0 amide bonds. The lowest BCUT2D eigenvalue weighted by Gasteiger charge is -2.16. The molecule has 1 heteroatoms. The van der Waals surface area contributed by atoms with E-state index < -0.39 is 0 Å². The minimum absolute atomic E-state index is 0.114. The van der Waals surface area contributed by atoms with Crippen LogP contribution in [0.3, 0.4) is 0 Å². The SMILES string of the molecule is C=C1CC[Si](C)CC1. The van der Waals surface area contributed by atoms with E-state index >= 15 is 0 Å². The van der Waals surface area contributed by atoms with Crippen LogP contribution in [-0.4, -0.2) is 8.80 Å². The summed E-state index contributed by atoms with van der Waals surface area (Å²) in [4.78, 5) is 0. The largest absolute Gasteiger partial charge is 0.0999 e. The number of allylic oxidation sites excluding steroid dienone is 1. The second-order valence-electron chi connectivity index (χ2n) is 2.71. The van der Waals surface area contributed by atoms with E-state index in [9.17, 15) is 0 Å². The monoisotopic (exact) mass is 125 g/mol. The highest BCUT2D eigenvalue weighted by atomic mass is 28.3. The van der Waals surface area contributed by atoms with Gasteiger partial charge in [-0.15, -0.1) is 0 Å². The number of hydrogen-bond donors (Lipinski definition) is 0. The van der Waals surface area contributed by atoms with Gasteiger partial charge in [0.05, 0.1) is 0 Å². The Morgan fingerprint density at radius 3 is 2.25 bits per heavy atom. The van der Waals surface area contributed by atoms with E-state index in [1.165, 1.54) is 30.5 Å². The van der Waals surface area contributed by atoms with Crippen LogP contribution in [0.2, 0.25) is 18.6 Å². The summed E-state index contributed by atoms with van der Waals surface area (Å²) in [5.74, 6) is 0. The van der Waals surface area contributed by atoms with Crippen molar-refractivity contribution in [1.29, 1.82) is 0 Å². The molecule has 8 heavy (non-hydrogen) atoms. The number of hydrogen-bond acceptors (Lipinski definition) is 0. The third-order valence-electron chi connectivity index (χ3n) is 1.81. The van der Waals surface area contributed by atoms with Gasteiger partial charge in [-0.1, -0.05) is 30.8 Å². The molecule has 0 aromatic rings. The van der Waals surface area contributed by atoms with Crippen molar-refractivity contribution in [3.05, 3.63) is 12.2 Å². The third kappa shape index (κ3) is 1.48. The maximum atomic E-state index is 3.96. The van der Waals surface area contributed by atoms with Crippen molar-refractivity contribution < 1.29 is 0 Å². The van der Waals surface area contributed by atoms with Gasteiger partial charge in [0.2, 0.25) is 0 Å². The average Bonchev–Trinajstić information content (AvgIpc) is 1.77. The van der Waals surface area contributed by atoms with Gasteiger partial charge in [-0.2, -0.15) is 0 Å². The van der Waals surface area contributed by atoms with Crippen molar-refractivity contribution in [1.82, 2.24) is 0 Å². The highest BCUT2D eigenvalue weighted by Gasteiger charge is 2.10. The van der Waals surface area contributed by atoms with Gasteiger partial charge in [-0.3, -0.25) is 0 Å². The Kier molecular flexibility index (Phi) is 1.89. The fraction of sp³-hybridized carbons (Fsp3) is 0.714. The molecule has 0 aliphatic carbocycles. The molecule has 1 heterocycles. The van der Waals surface area contributed by atoms with E-state index in [1.807, 2.05) is 0 Å². The molecule has 1 fully saturated rings. The molecule has 0 nitrogen and oxygen atoms in total. The summed E-state index contributed by atoms with van der Waals surface area (Å²) < 4.78 is 0. The fourth-order valence-corrected chi connectivity index (χ4v) is 2.84. The zero-order valence-corrected chi connectivity index (χ0v) is 6.54. The van der Waals surface area contributed by atoms with Crippen LogP contribution in [0, 0.1) is 0 Å². The summed E-state index contributed by atoms with van der Waals surface area (Å²) in [6.45, 7) is 6.39. The van der Waals surface area contributed by atoms with E-state index in [4.69, 9.17) is 0 Å². The van der Waals surface area contributed by atoms with Crippen molar-refractivity contribution in [3.63, 3.8) is 0 Å². The van der Waals surface area contributed by atoms with E-state index in [2.05, 4.69) is 13.1 Å². The molecule has 0 aromatic carbocycles. The van der Waals surface area contributed by atoms with Crippen molar-refractivity contribution in [3.8, 4) is 0 Å². The van der Waals surface area contributed by atoms with Crippen LogP contribution in [0.4, 0.5) is 0 Å². The Morgan fingerprint density at radius 1 is 1.38 bits per heavy atom. The normalized spacial score (nSPS) is 23.9. The van der Waals surface area contributed by atoms with E-state index in [-0.39, 0.29) is 8.80 Å². The molecule has 45 valence electrons. The van der Waals surface area contributed by atoms with Crippen LogP contribution in [0.25, 0.3) is 0 Å². The molecular formula is C7H13Si. The van der Waals surface area contributed by atoms with Gasteiger partial charge in [0, 0.05) is 8.80 Å². The van der Waals surface area contributed by atoms with Crippen molar-refractivity contribution in [2.24, 2.45) is 0 Å². The van der Waals surface area contributed by atoms with Gasteiger partial charge in [0.25, 0.3) is 0 Å². The van der Waals surface area contributed by atoms with Crippen LogP contribution < -0.4 is 0 Å². The summed E-state index contributed by atoms with van der Waals surface area (Å²) >= 11 is 0. The Morgan fingerprint density at radius 2 is 1.88 bits per heavy atom. The molecule has 0 atom stereocenters. The molecule has 0 spiro atoms. The molecule has 0 N–H and O–H groups in total. The molecule has 0 aromatic heterocycles. The van der Waals surface area contributed by atoms with Gasteiger partial charge in [-0.25, -0.2) is 0 Å². The van der Waals surface area contributed by atoms with E-state index in [0.29, 0.717) is 0 Å². The van der Waals surface area contributed by atoms with Gasteiger partial charge in [0.15, 0.2) is 0 Å². The minimum Gasteiger partial charge on any atom is -0.0999 e. The van der Waals surface area contributed by atoms with Crippen LogP contribution in [0.15, 0.2) is 12.2 Å². The second kappa shape index (κ2) is 2.49. The summed E-state index contributed by atoms with van der Waals surface area (Å²) in [6, 6.07) is 2.95. The van der Waals surface area contributed by atoms with E-state index in [1.54, 1.807) is 0 Å². The maximum absolute atomic E-state index is 3.96. The smallest absolute Gasteiger partial charge is 0.0452 e. The summed E-state index contributed by atoms with van der Waals surface area (Å²) in [6.07, 6.45) is 2.65. The number of rotatable bonds is 0. The maximum Gasteiger partial charge on any atom is 0.0452 e. The average molecular weight is 125 g/mol. The Labute approximate surface area is 53.2 Å².